The Morgan fingerprint density at radius 3 is 2.62 bits per heavy atom. The number of benzene rings is 1. The summed E-state index contributed by atoms with van der Waals surface area (Å²) in [4.78, 5) is 23.0. The molecule has 0 saturated carbocycles. The second kappa shape index (κ2) is 7.57. The number of aryl methyl sites for hydroxylation is 1. The Morgan fingerprint density at radius 2 is 1.93 bits per heavy atom. The van der Waals surface area contributed by atoms with Gasteiger partial charge in [0, 0.05) is 50.2 Å². The summed E-state index contributed by atoms with van der Waals surface area (Å²) in [7, 11) is -3.70. The molecule has 9 heteroatoms. The largest absolute Gasteiger partial charge is 0.338 e. The van der Waals surface area contributed by atoms with E-state index >= 15 is 0 Å². The second-order valence-corrected chi connectivity index (χ2v) is 9.16. The van der Waals surface area contributed by atoms with Gasteiger partial charge in [0.05, 0.1) is 11.8 Å². The molecule has 2 aromatic heterocycles. The molecule has 0 radical (unpaired) electrons. The zero-order valence-electron chi connectivity index (χ0n) is 16.4. The van der Waals surface area contributed by atoms with Gasteiger partial charge in [-0.15, -0.1) is 0 Å². The van der Waals surface area contributed by atoms with Crippen LogP contribution in [0.15, 0.2) is 54.1 Å². The molecule has 0 aliphatic carbocycles. The molecule has 0 spiro atoms. The van der Waals surface area contributed by atoms with Crippen LogP contribution >= 0.6 is 0 Å². The Bertz CT molecular complexity index is 1140. The Hall–Kier alpha value is -2.78. The van der Waals surface area contributed by atoms with Crippen molar-refractivity contribution < 1.29 is 13.2 Å². The Kier molecular flexibility index (Phi) is 5.10. The normalized spacial score (nSPS) is 16.8. The number of amides is 1. The van der Waals surface area contributed by atoms with Crippen LogP contribution in [0.5, 0.6) is 0 Å². The lowest BCUT2D eigenvalue weighted by atomic mass is 10.2. The zero-order chi connectivity index (χ0) is 20.6. The van der Waals surface area contributed by atoms with Gasteiger partial charge in [-0.05, 0) is 31.5 Å². The highest BCUT2D eigenvalue weighted by molar-refractivity contribution is 7.89. The fourth-order valence-corrected chi connectivity index (χ4v) is 5.22. The lowest BCUT2D eigenvalue weighted by Crippen LogP contribution is -2.51. The van der Waals surface area contributed by atoms with E-state index in [1.165, 1.54) is 4.31 Å². The molecule has 3 heterocycles. The van der Waals surface area contributed by atoms with E-state index in [9.17, 15) is 13.2 Å². The number of pyridine rings is 1. The quantitative estimate of drug-likeness (QED) is 0.651. The number of aromatic nitrogens is 3. The maximum Gasteiger partial charge on any atom is 0.245 e. The summed E-state index contributed by atoms with van der Waals surface area (Å²) in [5.41, 5.74) is 1.46. The third-order valence-electron chi connectivity index (χ3n) is 5.31. The van der Waals surface area contributed by atoms with Crippen molar-refractivity contribution in [1.82, 2.24) is 23.7 Å². The first-order valence-electron chi connectivity index (χ1n) is 9.49. The molecule has 1 aromatic carbocycles. The van der Waals surface area contributed by atoms with Crippen molar-refractivity contribution >= 4 is 26.8 Å². The van der Waals surface area contributed by atoms with Crippen LogP contribution in [0, 0.1) is 6.92 Å². The van der Waals surface area contributed by atoms with E-state index in [4.69, 9.17) is 0 Å². The molecule has 1 saturated heterocycles. The average molecular weight is 414 g/mol. The van der Waals surface area contributed by atoms with Crippen molar-refractivity contribution in [2.75, 3.05) is 26.2 Å². The van der Waals surface area contributed by atoms with Gasteiger partial charge >= 0.3 is 0 Å². The van der Waals surface area contributed by atoms with Crippen molar-refractivity contribution in [1.29, 1.82) is 0 Å². The summed E-state index contributed by atoms with van der Waals surface area (Å²) in [6, 6.07) is 6.76. The maximum atomic E-state index is 13.3. The van der Waals surface area contributed by atoms with Crippen molar-refractivity contribution in [3.8, 4) is 0 Å². The first kappa shape index (κ1) is 19.5. The van der Waals surface area contributed by atoms with Gasteiger partial charge < -0.3 is 9.47 Å². The van der Waals surface area contributed by atoms with Crippen LogP contribution < -0.4 is 0 Å². The lowest BCUT2D eigenvalue weighted by molar-refractivity contribution is -0.135. The van der Waals surface area contributed by atoms with E-state index in [0.29, 0.717) is 18.6 Å². The Morgan fingerprint density at radius 1 is 1.17 bits per heavy atom. The summed E-state index contributed by atoms with van der Waals surface area (Å²) in [5.74, 6) is -0.0395. The second-order valence-electron chi connectivity index (χ2n) is 7.26. The van der Waals surface area contributed by atoms with Gasteiger partial charge in [0.15, 0.2) is 0 Å². The van der Waals surface area contributed by atoms with Gasteiger partial charge in [-0.1, -0.05) is 12.1 Å². The highest BCUT2D eigenvalue weighted by Crippen LogP contribution is 2.26. The molecule has 1 fully saturated rings. The topological polar surface area (TPSA) is 88.4 Å². The first-order valence-corrected chi connectivity index (χ1v) is 10.9. The van der Waals surface area contributed by atoms with E-state index in [-0.39, 0.29) is 29.9 Å². The first-order chi connectivity index (χ1) is 13.9. The number of hydrogen-bond donors (Lipinski definition) is 0. The maximum absolute atomic E-state index is 13.3. The third-order valence-corrected chi connectivity index (χ3v) is 7.24. The minimum Gasteiger partial charge on any atom is -0.338 e. The smallest absolute Gasteiger partial charge is 0.245 e. The number of carbonyl (C=O) groups is 1. The van der Waals surface area contributed by atoms with Crippen LogP contribution in [0.25, 0.3) is 10.9 Å². The molecule has 1 atom stereocenters. The zero-order valence-corrected chi connectivity index (χ0v) is 17.2. The van der Waals surface area contributed by atoms with Gasteiger partial charge in [0.2, 0.25) is 15.9 Å². The number of carbonyl (C=O) groups excluding carboxylic acids is 1. The third kappa shape index (κ3) is 3.63. The van der Waals surface area contributed by atoms with Crippen molar-refractivity contribution in [2.45, 2.75) is 24.8 Å². The molecule has 1 amide bonds. The van der Waals surface area contributed by atoms with Crippen LogP contribution in [0.1, 0.15) is 18.5 Å². The van der Waals surface area contributed by atoms with Gasteiger partial charge in [-0.3, -0.25) is 9.78 Å². The highest BCUT2D eigenvalue weighted by Gasteiger charge is 2.32. The molecule has 0 bridgehead atoms. The number of nitrogens with zero attached hydrogens (tertiary/aromatic N) is 5. The average Bonchev–Trinajstić information content (AvgIpc) is 3.27. The molecule has 8 nitrogen and oxygen atoms in total. The molecule has 29 heavy (non-hydrogen) atoms. The molecule has 1 aliphatic rings. The van der Waals surface area contributed by atoms with E-state index in [1.807, 2.05) is 26.0 Å². The van der Waals surface area contributed by atoms with Crippen LogP contribution in [0.2, 0.25) is 0 Å². The number of fused-ring (bicyclic) bond motifs is 1. The predicted octanol–water partition coefficient (Wildman–Crippen LogP) is 1.83. The number of para-hydroxylation sites is 1. The van der Waals surface area contributed by atoms with E-state index in [1.54, 1.807) is 46.5 Å². The number of hydrogen-bond acceptors (Lipinski definition) is 5. The summed E-state index contributed by atoms with van der Waals surface area (Å²) in [6.07, 6.45) is 6.67. The lowest BCUT2D eigenvalue weighted by Gasteiger charge is -2.35. The SMILES string of the molecule is Cc1cnc2c(S(=O)(=O)N3CCN(C(=O)[C@@H](C)n4ccnc4)CC3)cccc2c1. The fraction of sp³-hybridized carbons (Fsp3) is 0.350. The van der Waals surface area contributed by atoms with Gasteiger partial charge in [0.25, 0.3) is 0 Å². The molecule has 0 N–H and O–H groups in total. The molecule has 0 unspecified atom stereocenters. The summed E-state index contributed by atoms with van der Waals surface area (Å²) < 4.78 is 29.7. The predicted molar refractivity (Wildman–Crippen MR) is 109 cm³/mol. The number of piperazine rings is 1. The van der Waals surface area contributed by atoms with E-state index in [2.05, 4.69) is 9.97 Å². The number of sulfonamides is 1. The number of rotatable bonds is 4. The minimum absolute atomic E-state index is 0.0395. The monoisotopic (exact) mass is 413 g/mol. The van der Waals surface area contributed by atoms with Crippen molar-refractivity contribution in [3.05, 3.63) is 54.7 Å². The standard InChI is InChI=1S/C20H23N5O3S/c1-15-12-17-4-3-5-18(19(17)22-13-15)29(27,28)25-10-8-23(9-11-25)20(26)16(2)24-7-6-21-14-24/h3-7,12-14,16H,8-11H2,1-2H3/t16-/m1/s1. The molecular formula is C20H23N5O3S. The molecule has 4 rings (SSSR count). The van der Waals surface area contributed by atoms with Crippen LogP contribution in [-0.4, -0.2) is 64.2 Å². The highest BCUT2D eigenvalue weighted by atomic mass is 32.2. The van der Waals surface area contributed by atoms with Gasteiger partial charge in [-0.2, -0.15) is 4.31 Å². The Balaban J connectivity index is 1.52. The molecular weight excluding hydrogens is 390 g/mol. The van der Waals surface area contributed by atoms with Crippen molar-refractivity contribution in [3.63, 3.8) is 0 Å². The molecule has 3 aromatic rings. The van der Waals surface area contributed by atoms with Crippen molar-refractivity contribution in [2.24, 2.45) is 0 Å². The fourth-order valence-electron chi connectivity index (χ4n) is 3.63. The van der Waals surface area contributed by atoms with E-state index < -0.39 is 10.0 Å². The van der Waals surface area contributed by atoms with Crippen LogP contribution in [0.4, 0.5) is 0 Å². The molecule has 152 valence electrons. The van der Waals surface area contributed by atoms with Crippen LogP contribution in [0.3, 0.4) is 0 Å². The summed E-state index contributed by atoms with van der Waals surface area (Å²) in [6.45, 7) is 4.97. The summed E-state index contributed by atoms with van der Waals surface area (Å²) in [5, 5.41) is 0.800. The Labute approximate surface area is 169 Å². The minimum atomic E-state index is -3.70. The van der Waals surface area contributed by atoms with E-state index in [0.717, 1.165) is 10.9 Å². The summed E-state index contributed by atoms with van der Waals surface area (Å²) >= 11 is 0. The van der Waals surface area contributed by atoms with Crippen LogP contribution in [-0.2, 0) is 14.8 Å². The molecule has 1 aliphatic heterocycles. The van der Waals surface area contributed by atoms with Gasteiger partial charge in [-0.25, -0.2) is 13.4 Å². The van der Waals surface area contributed by atoms with Gasteiger partial charge in [0.1, 0.15) is 10.9 Å². The number of imidazole rings is 1.